The molecule has 2 aromatic heterocycles. The Kier molecular flexibility index (Phi) is 10.1. The maximum atomic E-state index is 5.38. The molecule has 0 unspecified atom stereocenters. The van der Waals surface area contributed by atoms with Gasteiger partial charge in [-0.25, -0.2) is 0 Å². The molecule has 1 aromatic carbocycles. The summed E-state index contributed by atoms with van der Waals surface area (Å²) in [5.41, 5.74) is 1.31. The molecule has 3 aromatic rings. The average Bonchev–Trinajstić information content (AvgIpc) is 3.40. The van der Waals surface area contributed by atoms with E-state index in [1.54, 1.807) is 12.5 Å². The third kappa shape index (κ3) is 8.12. The van der Waals surface area contributed by atoms with Crippen molar-refractivity contribution in [3.05, 3.63) is 72.4 Å². The van der Waals surface area contributed by atoms with Crippen LogP contribution in [0.5, 0.6) is 0 Å². The zero-order valence-electron chi connectivity index (χ0n) is 15.8. The lowest BCUT2D eigenvalue weighted by Gasteiger charge is -2.12. The van der Waals surface area contributed by atoms with E-state index in [1.807, 2.05) is 29.1 Å². The zero-order valence-corrected chi connectivity index (χ0v) is 18.2. The molecule has 2 N–H and O–H groups in total. The smallest absolute Gasteiger partial charge is 0.191 e. The SMILES string of the molecule is I.c1ccc(CCNC(=NCCCn2ccnn2)NCCc2ccco2)cc1. The van der Waals surface area contributed by atoms with E-state index in [9.17, 15) is 0 Å². The molecule has 3 rings (SSSR count). The van der Waals surface area contributed by atoms with Crippen molar-refractivity contribution in [3.8, 4) is 0 Å². The van der Waals surface area contributed by atoms with Crippen molar-refractivity contribution >= 4 is 29.9 Å². The van der Waals surface area contributed by atoms with Gasteiger partial charge in [0.1, 0.15) is 5.76 Å². The standard InChI is InChI=1S/C20H26N6O.HI/c1-2-6-18(7-3-1)9-12-22-20(23-13-10-19-8-4-17-27-19)21-11-5-15-26-16-14-24-25-26;/h1-4,6-8,14,16-17H,5,9-13,15H2,(H2,21,22,23);1H. The fourth-order valence-electron chi connectivity index (χ4n) is 2.68. The van der Waals surface area contributed by atoms with Crippen LogP contribution in [-0.4, -0.2) is 40.6 Å². The van der Waals surface area contributed by atoms with Gasteiger partial charge in [-0.2, -0.15) is 0 Å². The van der Waals surface area contributed by atoms with Gasteiger partial charge >= 0.3 is 0 Å². The second kappa shape index (κ2) is 12.9. The van der Waals surface area contributed by atoms with E-state index in [4.69, 9.17) is 4.42 Å². The van der Waals surface area contributed by atoms with Gasteiger partial charge in [0.2, 0.25) is 0 Å². The molecular weight excluding hydrogens is 467 g/mol. The van der Waals surface area contributed by atoms with Gasteiger partial charge in [-0.05, 0) is 30.5 Å². The minimum Gasteiger partial charge on any atom is -0.469 e. The first-order valence-corrected chi connectivity index (χ1v) is 9.33. The van der Waals surface area contributed by atoms with Gasteiger partial charge in [0.25, 0.3) is 0 Å². The zero-order chi connectivity index (χ0) is 18.6. The highest BCUT2D eigenvalue weighted by molar-refractivity contribution is 14.0. The molecule has 0 amide bonds. The first-order valence-electron chi connectivity index (χ1n) is 9.33. The highest BCUT2D eigenvalue weighted by Crippen LogP contribution is 2.00. The van der Waals surface area contributed by atoms with Crippen LogP contribution in [0, 0.1) is 0 Å². The van der Waals surface area contributed by atoms with Gasteiger partial charge in [-0.3, -0.25) is 9.67 Å². The van der Waals surface area contributed by atoms with Crippen LogP contribution in [-0.2, 0) is 19.4 Å². The molecule has 8 heteroatoms. The van der Waals surface area contributed by atoms with Crippen molar-refractivity contribution in [3.63, 3.8) is 0 Å². The number of aryl methyl sites for hydroxylation is 1. The minimum atomic E-state index is 0. The molecule has 0 fully saturated rings. The lowest BCUT2D eigenvalue weighted by molar-refractivity contribution is 0.506. The van der Waals surface area contributed by atoms with Crippen LogP contribution in [0.3, 0.4) is 0 Å². The Hall–Kier alpha value is -2.36. The highest BCUT2D eigenvalue weighted by Gasteiger charge is 2.01. The molecule has 28 heavy (non-hydrogen) atoms. The van der Waals surface area contributed by atoms with Gasteiger partial charge in [0, 0.05) is 38.8 Å². The Labute approximate surface area is 182 Å². The number of hydrogen-bond acceptors (Lipinski definition) is 4. The molecular formula is C20H27IN6O. The van der Waals surface area contributed by atoms with Crippen LogP contribution in [0.4, 0.5) is 0 Å². The summed E-state index contributed by atoms with van der Waals surface area (Å²) in [6.07, 6.45) is 7.95. The van der Waals surface area contributed by atoms with E-state index in [0.717, 1.165) is 57.2 Å². The van der Waals surface area contributed by atoms with Gasteiger partial charge < -0.3 is 15.1 Å². The molecule has 0 saturated heterocycles. The van der Waals surface area contributed by atoms with Crippen molar-refractivity contribution in [1.82, 2.24) is 25.6 Å². The summed E-state index contributed by atoms with van der Waals surface area (Å²) in [5.74, 6) is 1.80. The summed E-state index contributed by atoms with van der Waals surface area (Å²) in [4.78, 5) is 4.68. The number of furan rings is 1. The number of nitrogens with zero attached hydrogens (tertiary/aromatic N) is 4. The largest absolute Gasteiger partial charge is 0.469 e. The minimum absolute atomic E-state index is 0. The number of hydrogen-bond donors (Lipinski definition) is 2. The van der Waals surface area contributed by atoms with Crippen LogP contribution in [0.1, 0.15) is 17.7 Å². The summed E-state index contributed by atoms with van der Waals surface area (Å²) < 4.78 is 7.20. The third-order valence-corrected chi connectivity index (χ3v) is 4.08. The first-order chi connectivity index (χ1) is 13.4. The molecule has 2 heterocycles. The predicted octanol–water partition coefficient (Wildman–Crippen LogP) is 2.90. The molecule has 0 spiro atoms. The van der Waals surface area contributed by atoms with Crippen LogP contribution in [0.25, 0.3) is 0 Å². The summed E-state index contributed by atoms with van der Waals surface area (Å²) in [7, 11) is 0. The van der Waals surface area contributed by atoms with Crippen LogP contribution in [0.15, 0.2) is 70.5 Å². The first kappa shape index (κ1) is 21.9. The van der Waals surface area contributed by atoms with Gasteiger partial charge in [-0.1, -0.05) is 35.5 Å². The third-order valence-electron chi connectivity index (χ3n) is 4.08. The van der Waals surface area contributed by atoms with Crippen molar-refractivity contribution in [2.24, 2.45) is 4.99 Å². The van der Waals surface area contributed by atoms with Gasteiger partial charge in [-0.15, -0.1) is 29.1 Å². The number of nitrogens with one attached hydrogen (secondary N) is 2. The van der Waals surface area contributed by atoms with Crippen molar-refractivity contribution in [2.75, 3.05) is 19.6 Å². The number of aliphatic imine (C=N–C) groups is 1. The quantitative estimate of drug-likeness (QED) is 0.196. The summed E-state index contributed by atoms with van der Waals surface area (Å²) in [5, 5.41) is 14.6. The normalized spacial score (nSPS) is 11.1. The average molecular weight is 494 g/mol. The molecule has 0 radical (unpaired) electrons. The highest BCUT2D eigenvalue weighted by atomic mass is 127. The Morgan fingerprint density at radius 3 is 2.57 bits per heavy atom. The molecule has 0 atom stereocenters. The second-order valence-electron chi connectivity index (χ2n) is 6.17. The van der Waals surface area contributed by atoms with Crippen LogP contribution in [0.2, 0.25) is 0 Å². The van der Waals surface area contributed by atoms with Crippen molar-refractivity contribution in [1.29, 1.82) is 0 Å². The van der Waals surface area contributed by atoms with E-state index in [0.29, 0.717) is 0 Å². The fourth-order valence-corrected chi connectivity index (χ4v) is 2.68. The van der Waals surface area contributed by atoms with E-state index >= 15 is 0 Å². The Balaban J connectivity index is 0.00000280. The topological polar surface area (TPSA) is 80.3 Å². The number of aromatic nitrogens is 3. The Bertz CT molecular complexity index is 774. The molecule has 0 aliphatic heterocycles. The fraction of sp³-hybridized carbons (Fsp3) is 0.350. The molecule has 150 valence electrons. The predicted molar refractivity (Wildman–Crippen MR) is 121 cm³/mol. The number of rotatable bonds is 10. The summed E-state index contributed by atoms with van der Waals surface area (Å²) in [6.45, 7) is 3.14. The van der Waals surface area contributed by atoms with Crippen molar-refractivity contribution < 1.29 is 4.42 Å². The van der Waals surface area contributed by atoms with Gasteiger partial charge in [0.15, 0.2) is 5.96 Å². The summed E-state index contributed by atoms with van der Waals surface area (Å²) in [6, 6.07) is 14.3. The molecule has 0 bridgehead atoms. The second-order valence-corrected chi connectivity index (χ2v) is 6.17. The maximum Gasteiger partial charge on any atom is 0.191 e. The summed E-state index contributed by atoms with van der Waals surface area (Å²) >= 11 is 0. The Morgan fingerprint density at radius 1 is 1.04 bits per heavy atom. The van der Waals surface area contributed by atoms with Crippen LogP contribution < -0.4 is 10.6 Å². The van der Waals surface area contributed by atoms with Crippen molar-refractivity contribution in [2.45, 2.75) is 25.8 Å². The van der Waals surface area contributed by atoms with Crippen LogP contribution >= 0.6 is 24.0 Å². The Morgan fingerprint density at radius 2 is 1.86 bits per heavy atom. The number of benzene rings is 1. The van der Waals surface area contributed by atoms with E-state index in [1.165, 1.54) is 5.56 Å². The molecule has 0 aliphatic rings. The monoisotopic (exact) mass is 494 g/mol. The molecule has 0 aliphatic carbocycles. The van der Waals surface area contributed by atoms with E-state index < -0.39 is 0 Å². The lowest BCUT2D eigenvalue weighted by Crippen LogP contribution is -2.39. The van der Waals surface area contributed by atoms with Gasteiger partial charge in [0.05, 0.1) is 12.5 Å². The number of guanidine groups is 1. The van der Waals surface area contributed by atoms with E-state index in [-0.39, 0.29) is 24.0 Å². The maximum absolute atomic E-state index is 5.38. The lowest BCUT2D eigenvalue weighted by atomic mass is 10.1. The molecule has 7 nitrogen and oxygen atoms in total. The molecule has 0 saturated carbocycles. The van der Waals surface area contributed by atoms with E-state index in [2.05, 4.69) is 50.2 Å². The number of halogens is 1.